The van der Waals surface area contributed by atoms with Crippen LogP contribution in [0.15, 0.2) is 8.57 Å². The molecule has 146 valence electrons. The quantitative estimate of drug-likeness (QED) is 0.261. The number of unbranched alkanes of at least 4 members (excludes halogenated alkanes) is 3. The third-order valence-electron chi connectivity index (χ3n) is 5.37. The number of nitrogens with zero attached hydrogens (tertiary/aromatic N) is 1. The summed E-state index contributed by atoms with van der Waals surface area (Å²) in [5, 5.41) is 0. The summed E-state index contributed by atoms with van der Waals surface area (Å²) in [5.41, 5.74) is 0. The molecule has 3 nitrogen and oxygen atoms in total. The Morgan fingerprint density at radius 2 is 1.48 bits per heavy atom. The zero-order chi connectivity index (χ0) is 18.5. The van der Waals surface area contributed by atoms with Crippen molar-refractivity contribution in [2.24, 2.45) is 0 Å². The van der Waals surface area contributed by atoms with Crippen molar-refractivity contribution in [1.29, 1.82) is 0 Å². The zero-order valence-electron chi connectivity index (χ0n) is 16.6. The topological polar surface area (TPSA) is 29.5 Å². The summed E-state index contributed by atoms with van der Waals surface area (Å²) in [6.45, 7) is 9.04. The molecule has 0 radical (unpaired) electrons. The molecule has 1 heterocycles. The van der Waals surface area contributed by atoms with Crippen molar-refractivity contribution >= 4 is 40.4 Å². The number of carbonyl (C=O) groups excluding carboxylic acids is 1. The third kappa shape index (κ3) is 8.23. The van der Waals surface area contributed by atoms with Gasteiger partial charge in [0.1, 0.15) is 0 Å². The Morgan fingerprint density at radius 3 is 1.92 bits per heavy atom. The van der Waals surface area contributed by atoms with Gasteiger partial charge in [0.15, 0.2) is 0 Å². The fourth-order valence-corrected chi connectivity index (χ4v) is 22.3. The van der Waals surface area contributed by atoms with Crippen molar-refractivity contribution in [3.63, 3.8) is 0 Å². The summed E-state index contributed by atoms with van der Waals surface area (Å²) >= 11 is 1.60. The van der Waals surface area contributed by atoms with Gasteiger partial charge in [0.25, 0.3) is 0 Å². The first-order valence-electron chi connectivity index (χ1n) is 10.4. The van der Waals surface area contributed by atoms with Gasteiger partial charge in [0.2, 0.25) is 0 Å². The summed E-state index contributed by atoms with van der Waals surface area (Å²) in [4.78, 5) is 13.9. The molecule has 25 heavy (non-hydrogen) atoms. The standard InChI is InChI=1S/C8H11BrNO2.3C4H9.Sn/c9-4-3-7-12-8(11)10-5-1-2-6-10;3*1-3-4-2;/h3H,1-2,5-7H2;3*1,3-4H2,2H3;. The molecule has 0 aromatic rings. The van der Waals surface area contributed by atoms with E-state index >= 15 is 0 Å². The van der Waals surface area contributed by atoms with Crippen LogP contribution < -0.4 is 0 Å². The number of hydrogen-bond acceptors (Lipinski definition) is 2. The van der Waals surface area contributed by atoms with Crippen LogP contribution in [0, 0.1) is 0 Å². The molecule has 1 amide bonds. The van der Waals surface area contributed by atoms with E-state index < -0.39 is 18.4 Å². The minimum absolute atomic E-state index is 0.134. The first kappa shape index (κ1) is 23.3. The van der Waals surface area contributed by atoms with E-state index in [1.165, 1.54) is 54.3 Å². The molecular formula is C20H38BrNO2Sn. The second-order valence-corrected chi connectivity index (χ2v) is 23.5. The van der Waals surface area contributed by atoms with Crippen LogP contribution in [0.1, 0.15) is 72.1 Å². The molecule has 0 saturated carbocycles. The first-order chi connectivity index (χ1) is 12.1. The van der Waals surface area contributed by atoms with Gasteiger partial charge in [0.05, 0.1) is 0 Å². The second kappa shape index (κ2) is 13.5. The number of carbonyl (C=O) groups is 1. The summed E-state index contributed by atoms with van der Waals surface area (Å²) < 4.78 is 11.3. The molecule has 1 fully saturated rings. The van der Waals surface area contributed by atoms with Gasteiger partial charge < -0.3 is 0 Å². The number of amides is 1. The number of ether oxygens (including phenoxy) is 1. The summed E-state index contributed by atoms with van der Waals surface area (Å²) in [5.74, 6) is 0. The van der Waals surface area contributed by atoms with Crippen molar-refractivity contribution < 1.29 is 9.53 Å². The van der Waals surface area contributed by atoms with Gasteiger partial charge in [-0.25, -0.2) is 0 Å². The van der Waals surface area contributed by atoms with Crippen molar-refractivity contribution in [3.05, 3.63) is 8.57 Å². The summed E-state index contributed by atoms with van der Waals surface area (Å²) in [6, 6.07) is 0. The van der Waals surface area contributed by atoms with Crippen LogP contribution in [0.5, 0.6) is 0 Å². The number of halogens is 1. The van der Waals surface area contributed by atoms with Gasteiger partial charge in [-0.15, -0.1) is 0 Å². The van der Waals surface area contributed by atoms with Crippen LogP contribution in [-0.2, 0) is 4.74 Å². The third-order valence-corrected chi connectivity index (χ3v) is 26.0. The minimum atomic E-state index is -2.37. The Labute approximate surface area is 167 Å². The molecule has 0 N–H and O–H groups in total. The first-order valence-corrected chi connectivity index (χ1v) is 18.6. The van der Waals surface area contributed by atoms with E-state index in [0.717, 1.165) is 25.9 Å². The molecule has 0 bridgehead atoms. The Balaban J connectivity index is 2.71. The van der Waals surface area contributed by atoms with Crippen molar-refractivity contribution in [2.45, 2.75) is 85.4 Å². The van der Waals surface area contributed by atoms with E-state index in [1.807, 2.05) is 4.90 Å². The fraction of sp³-hybridized carbons (Fsp3) is 0.850. The van der Waals surface area contributed by atoms with E-state index in [2.05, 4.69) is 42.8 Å². The van der Waals surface area contributed by atoms with E-state index in [-0.39, 0.29) is 6.09 Å². The van der Waals surface area contributed by atoms with Crippen LogP contribution in [-0.4, -0.2) is 49.1 Å². The normalized spacial score (nSPS) is 15.7. The van der Waals surface area contributed by atoms with E-state index in [4.69, 9.17) is 4.74 Å². The van der Waals surface area contributed by atoms with Crippen LogP contribution in [0.2, 0.25) is 13.3 Å². The molecule has 0 aromatic carbocycles. The molecule has 0 aliphatic carbocycles. The molecule has 0 unspecified atom stereocenters. The average molecular weight is 523 g/mol. The molecule has 1 aliphatic heterocycles. The summed E-state index contributed by atoms with van der Waals surface area (Å²) in [7, 11) is 0. The zero-order valence-corrected chi connectivity index (χ0v) is 21.1. The van der Waals surface area contributed by atoms with E-state index in [9.17, 15) is 4.79 Å². The SMILES string of the molecule is CCC[CH2][Sn]([CH2]CCC)([CH2]CCC)/[C](Br)=C/COC(=O)N1CCCC1. The Morgan fingerprint density at radius 1 is 1.00 bits per heavy atom. The number of rotatable bonds is 12. The molecule has 5 heteroatoms. The van der Waals surface area contributed by atoms with Gasteiger partial charge in [-0.2, -0.15) is 0 Å². The number of hydrogen-bond donors (Lipinski definition) is 0. The van der Waals surface area contributed by atoms with Gasteiger partial charge in [0, 0.05) is 0 Å². The summed E-state index contributed by atoms with van der Waals surface area (Å²) in [6.07, 6.45) is 12.2. The molecule has 1 rings (SSSR count). The number of likely N-dealkylation sites (tertiary alicyclic amines) is 1. The van der Waals surface area contributed by atoms with E-state index in [1.54, 1.807) is 0 Å². The molecule has 0 aromatic heterocycles. The molecule has 0 atom stereocenters. The Kier molecular flexibility index (Phi) is 12.6. The van der Waals surface area contributed by atoms with Crippen molar-refractivity contribution in [2.75, 3.05) is 19.7 Å². The van der Waals surface area contributed by atoms with Crippen molar-refractivity contribution in [3.8, 4) is 0 Å². The second-order valence-electron chi connectivity index (χ2n) is 7.41. The Hall–Kier alpha value is 0.289. The van der Waals surface area contributed by atoms with Gasteiger partial charge in [-0.1, -0.05) is 0 Å². The van der Waals surface area contributed by atoms with Crippen LogP contribution in [0.25, 0.3) is 0 Å². The van der Waals surface area contributed by atoms with E-state index in [0.29, 0.717) is 6.61 Å². The van der Waals surface area contributed by atoms with Crippen LogP contribution in [0.3, 0.4) is 0 Å². The maximum absolute atomic E-state index is 12.1. The molecule has 1 saturated heterocycles. The molecule has 1 aliphatic rings. The van der Waals surface area contributed by atoms with Crippen LogP contribution >= 0.6 is 15.9 Å². The fourth-order valence-electron chi connectivity index (χ4n) is 3.67. The predicted molar refractivity (Wildman–Crippen MR) is 114 cm³/mol. The van der Waals surface area contributed by atoms with Crippen molar-refractivity contribution in [1.82, 2.24) is 4.90 Å². The van der Waals surface area contributed by atoms with Crippen LogP contribution in [0.4, 0.5) is 4.79 Å². The molecule has 0 spiro atoms. The van der Waals surface area contributed by atoms with Gasteiger partial charge in [-0.05, 0) is 0 Å². The average Bonchev–Trinajstić information content (AvgIpc) is 3.16. The molecular weight excluding hydrogens is 485 g/mol. The van der Waals surface area contributed by atoms with Gasteiger partial charge in [-0.3, -0.25) is 0 Å². The monoisotopic (exact) mass is 523 g/mol. The maximum atomic E-state index is 12.1. The predicted octanol–water partition coefficient (Wildman–Crippen LogP) is 6.89. The Bertz CT molecular complexity index is 387. The van der Waals surface area contributed by atoms with Gasteiger partial charge >= 0.3 is 169 Å².